The Labute approximate surface area is 187 Å². The molecule has 1 heterocycles. The second-order valence-electron chi connectivity index (χ2n) is 7.10. The summed E-state index contributed by atoms with van der Waals surface area (Å²) in [7, 11) is 1.38. The van der Waals surface area contributed by atoms with Gasteiger partial charge in [-0.2, -0.15) is 0 Å². The van der Waals surface area contributed by atoms with Gasteiger partial charge in [0.15, 0.2) is 0 Å². The number of carbonyl (C=O) groups excluding carboxylic acids is 1. The van der Waals surface area contributed by atoms with Crippen LogP contribution in [0.4, 0.5) is 0 Å². The summed E-state index contributed by atoms with van der Waals surface area (Å²) < 4.78 is 10.6. The smallest absolute Gasteiger partial charge is 0.338 e. The van der Waals surface area contributed by atoms with Gasteiger partial charge in [-0.15, -0.1) is 11.3 Å². The second kappa shape index (κ2) is 11.5. The monoisotopic (exact) mass is 437 g/mol. The number of aryl methyl sites for hydroxylation is 1. The largest absolute Gasteiger partial charge is 0.491 e. The number of nitrogens with one attached hydrogen (secondary N) is 1. The molecule has 31 heavy (non-hydrogen) atoms. The van der Waals surface area contributed by atoms with Gasteiger partial charge in [-0.25, -0.2) is 4.79 Å². The summed E-state index contributed by atoms with van der Waals surface area (Å²) in [5, 5.41) is 13.4. The molecule has 1 atom stereocenters. The van der Waals surface area contributed by atoms with Gasteiger partial charge >= 0.3 is 5.97 Å². The van der Waals surface area contributed by atoms with Crippen LogP contribution in [-0.4, -0.2) is 37.4 Å². The van der Waals surface area contributed by atoms with E-state index in [2.05, 4.69) is 5.32 Å². The third-order valence-corrected chi connectivity index (χ3v) is 5.56. The molecular weight excluding hydrogens is 410 g/mol. The molecule has 1 unspecified atom stereocenters. The summed E-state index contributed by atoms with van der Waals surface area (Å²) in [6, 6.07) is 21.2. The Balaban J connectivity index is 1.54. The molecule has 0 saturated carbocycles. The summed E-state index contributed by atoms with van der Waals surface area (Å²) in [5.41, 5.74) is 2.40. The molecule has 1 aromatic heterocycles. The summed E-state index contributed by atoms with van der Waals surface area (Å²) in [5.74, 6) is 0.238. The number of benzene rings is 2. The quantitative estimate of drug-likeness (QED) is 0.366. The van der Waals surface area contributed by atoms with Crippen molar-refractivity contribution >= 4 is 29.0 Å². The summed E-state index contributed by atoms with van der Waals surface area (Å²) in [4.78, 5) is 14.4. The predicted octanol–water partition coefficient (Wildman–Crippen LogP) is 4.30. The Morgan fingerprint density at radius 1 is 1.10 bits per heavy atom. The van der Waals surface area contributed by atoms with Crippen LogP contribution in [0.3, 0.4) is 0 Å². The highest BCUT2D eigenvalue weighted by Gasteiger charge is 2.14. The van der Waals surface area contributed by atoms with Crippen molar-refractivity contribution in [3.8, 4) is 5.75 Å². The predicted molar refractivity (Wildman–Crippen MR) is 125 cm³/mol. The van der Waals surface area contributed by atoms with Crippen LogP contribution in [0.1, 0.15) is 20.9 Å². The number of aliphatic hydroxyl groups excluding tert-OH is 1. The van der Waals surface area contributed by atoms with Crippen molar-refractivity contribution in [2.45, 2.75) is 19.6 Å². The first-order valence-corrected chi connectivity index (χ1v) is 10.9. The molecule has 0 radical (unpaired) electrons. The maximum atomic E-state index is 12.3. The van der Waals surface area contributed by atoms with Crippen molar-refractivity contribution in [2.75, 3.05) is 20.3 Å². The first-order valence-electron chi connectivity index (χ1n) is 10.1. The zero-order valence-corrected chi connectivity index (χ0v) is 18.5. The molecule has 0 aliphatic rings. The van der Waals surface area contributed by atoms with E-state index in [1.165, 1.54) is 17.6 Å². The van der Waals surface area contributed by atoms with Gasteiger partial charge in [-0.1, -0.05) is 42.5 Å². The van der Waals surface area contributed by atoms with E-state index in [-0.39, 0.29) is 12.6 Å². The van der Waals surface area contributed by atoms with Crippen LogP contribution in [0.5, 0.6) is 5.75 Å². The number of esters is 1. The number of hydrogen-bond acceptors (Lipinski definition) is 6. The van der Waals surface area contributed by atoms with Crippen molar-refractivity contribution in [3.63, 3.8) is 0 Å². The van der Waals surface area contributed by atoms with Gasteiger partial charge in [0.25, 0.3) is 0 Å². The van der Waals surface area contributed by atoms with Crippen LogP contribution < -0.4 is 10.1 Å². The van der Waals surface area contributed by atoms with Crippen LogP contribution >= 0.6 is 11.3 Å². The van der Waals surface area contributed by atoms with Gasteiger partial charge in [0.05, 0.1) is 12.7 Å². The minimum absolute atomic E-state index is 0.176. The highest BCUT2D eigenvalue weighted by molar-refractivity contribution is 7.12. The average molecular weight is 438 g/mol. The molecule has 3 rings (SSSR count). The fraction of sp³-hybridized carbons (Fsp3) is 0.240. The lowest BCUT2D eigenvalue weighted by molar-refractivity contribution is -0.133. The van der Waals surface area contributed by atoms with Gasteiger partial charge in [-0.3, -0.25) is 0 Å². The number of hydrogen-bond donors (Lipinski definition) is 2. The van der Waals surface area contributed by atoms with Crippen LogP contribution in [0.2, 0.25) is 0 Å². The molecule has 162 valence electrons. The molecule has 2 aromatic carbocycles. The van der Waals surface area contributed by atoms with Gasteiger partial charge in [0.1, 0.15) is 18.5 Å². The first-order chi connectivity index (χ1) is 15.0. The van der Waals surface area contributed by atoms with Crippen LogP contribution in [-0.2, 0) is 16.1 Å². The van der Waals surface area contributed by atoms with E-state index >= 15 is 0 Å². The van der Waals surface area contributed by atoms with Crippen molar-refractivity contribution < 1.29 is 19.4 Å². The Bertz CT molecular complexity index is 996. The molecule has 0 spiro atoms. The summed E-state index contributed by atoms with van der Waals surface area (Å²) >= 11 is 1.62. The zero-order chi connectivity index (χ0) is 22.1. The topological polar surface area (TPSA) is 67.8 Å². The highest BCUT2D eigenvalue weighted by Crippen LogP contribution is 2.25. The average Bonchev–Trinajstić information content (AvgIpc) is 3.21. The third kappa shape index (κ3) is 7.07. The maximum Gasteiger partial charge on any atom is 0.338 e. The standard InChI is InChI=1S/C25H27NO4S/c1-18-8-13-23(31-18)14-24(25(28)29-2)20-9-11-22(12-10-20)30-17-21(27)16-26-15-19-6-4-3-5-7-19/h3-14,21,26-27H,15-17H2,1-2H3/b24-14-. The first kappa shape index (κ1) is 22.7. The summed E-state index contributed by atoms with van der Waals surface area (Å²) in [6.45, 7) is 3.33. The lowest BCUT2D eigenvalue weighted by Crippen LogP contribution is -2.31. The second-order valence-corrected chi connectivity index (χ2v) is 8.42. The third-order valence-electron chi connectivity index (χ3n) is 4.61. The SMILES string of the molecule is COC(=O)/C(=C\c1ccc(C)s1)c1ccc(OCC(O)CNCc2ccccc2)cc1. The van der Waals surface area contributed by atoms with E-state index in [1.807, 2.05) is 67.6 Å². The fourth-order valence-corrected chi connectivity index (χ4v) is 3.83. The molecule has 0 saturated heterocycles. The molecule has 5 nitrogen and oxygen atoms in total. The number of aliphatic hydroxyl groups is 1. The van der Waals surface area contributed by atoms with Crippen molar-refractivity contribution in [2.24, 2.45) is 0 Å². The number of ether oxygens (including phenoxy) is 2. The van der Waals surface area contributed by atoms with Crippen molar-refractivity contribution in [1.29, 1.82) is 0 Å². The van der Waals surface area contributed by atoms with Gasteiger partial charge in [0.2, 0.25) is 0 Å². The van der Waals surface area contributed by atoms with Gasteiger partial charge in [-0.05, 0) is 48.4 Å². The molecule has 0 bridgehead atoms. The number of carbonyl (C=O) groups is 1. The molecule has 0 aliphatic carbocycles. The minimum atomic E-state index is -0.629. The molecule has 2 N–H and O–H groups in total. The normalized spacial score (nSPS) is 12.4. The number of methoxy groups -OCH3 is 1. The van der Waals surface area contributed by atoms with Crippen LogP contribution in [0, 0.1) is 6.92 Å². The van der Waals surface area contributed by atoms with E-state index in [1.54, 1.807) is 23.5 Å². The van der Waals surface area contributed by atoms with Gasteiger partial charge < -0.3 is 19.9 Å². The zero-order valence-electron chi connectivity index (χ0n) is 17.7. The van der Waals surface area contributed by atoms with Gasteiger partial charge in [0, 0.05) is 22.8 Å². The Morgan fingerprint density at radius 3 is 2.48 bits per heavy atom. The molecule has 0 aliphatic heterocycles. The maximum absolute atomic E-state index is 12.3. The molecule has 3 aromatic rings. The number of thiophene rings is 1. The molecule has 0 amide bonds. The lowest BCUT2D eigenvalue weighted by atomic mass is 10.1. The van der Waals surface area contributed by atoms with Crippen LogP contribution in [0.25, 0.3) is 11.6 Å². The van der Waals surface area contributed by atoms with E-state index in [0.717, 1.165) is 10.4 Å². The van der Waals surface area contributed by atoms with E-state index in [9.17, 15) is 9.90 Å². The molecule has 6 heteroatoms. The van der Waals surface area contributed by atoms with E-state index in [0.29, 0.717) is 24.4 Å². The molecule has 0 fully saturated rings. The van der Waals surface area contributed by atoms with Crippen LogP contribution in [0.15, 0.2) is 66.7 Å². The van der Waals surface area contributed by atoms with Crippen molar-refractivity contribution in [3.05, 3.63) is 87.6 Å². The Kier molecular flexibility index (Phi) is 8.41. The van der Waals surface area contributed by atoms with Crippen molar-refractivity contribution in [1.82, 2.24) is 5.32 Å². The van der Waals surface area contributed by atoms with E-state index < -0.39 is 6.10 Å². The Hall–Kier alpha value is -2.93. The highest BCUT2D eigenvalue weighted by atomic mass is 32.1. The number of rotatable bonds is 10. The summed E-state index contributed by atoms with van der Waals surface area (Å²) in [6.07, 6.45) is 1.21. The fourth-order valence-electron chi connectivity index (χ4n) is 3.00. The molecular formula is C25H27NO4S. The lowest BCUT2D eigenvalue weighted by Gasteiger charge is -2.14. The minimum Gasteiger partial charge on any atom is -0.491 e. The van der Waals surface area contributed by atoms with E-state index in [4.69, 9.17) is 9.47 Å². The Morgan fingerprint density at radius 2 is 1.84 bits per heavy atom.